The molecule has 0 bridgehead atoms. The summed E-state index contributed by atoms with van der Waals surface area (Å²) in [4.78, 5) is 30.8. The van der Waals surface area contributed by atoms with Gasteiger partial charge >= 0.3 is 0 Å². The number of rotatable bonds is 4. The predicted molar refractivity (Wildman–Crippen MR) is 93.6 cm³/mol. The minimum atomic E-state index is -0.0201. The van der Waals surface area contributed by atoms with Gasteiger partial charge in [-0.15, -0.1) is 11.8 Å². The lowest BCUT2D eigenvalue weighted by Gasteiger charge is -2.25. The van der Waals surface area contributed by atoms with E-state index in [1.165, 1.54) is 12.7 Å². The number of anilines is 1. The molecule has 1 atom stereocenters. The van der Waals surface area contributed by atoms with E-state index in [4.69, 9.17) is 0 Å². The van der Waals surface area contributed by atoms with Crippen molar-refractivity contribution in [1.29, 1.82) is 0 Å². The summed E-state index contributed by atoms with van der Waals surface area (Å²) in [6.07, 6.45) is 7.28. The first-order valence-electron chi connectivity index (χ1n) is 8.08. The number of aromatic amines is 1. The number of H-pyrrole nitrogens is 1. The Morgan fingerprint density at radius 1 is 1.42 bits per heavy atom. The number of nitrogens with one attached hydrogen (secondary N) is 3. The summed E-state index contributed by atoms with van der Waals surface area (Å²) in [5, 5.41) is 6.42. The number of carbonyl (C=O) groups excluding carboxylic acids is 1. The number of hydrogen-bond acceptors (Lipinski definition) is 7. The molecule has 2 aromatic heterocycles. The van der Waals surface area contributed by atoms with Crippen LogP contribution in [0, 0.1) is 0 Å². The molecule has 2 aliphatic heterocycles. The van der Waals surface area contributed by atoms with E-state index in [2.05, 4.69) is 30.6 Å². The second-order valence-electron chi connectivity index (χ2n) is 5.84. The first kappa shape index (κ1) is 15.4. The number of fused-ring (bicyclic) bond motifs is 1. The molecule has 0 unspecified atom stereocenters. The molecule has 2 aromatic rings. The molecule has 8 nitrogen and oxygen atoms in total. The SMILES string of the molecule is O=C(NC[C@H]1CCCN1)C1=CN(c2ncnc3nc[nH]c23)CCS1. The third-order valence-electron chi connectivity index (χ3n) is 4.23. The van der Waals surface area contributed by atoms with Crippen LogP contribution >= 0.6 is 11.8 Å². The van der Waals surface area contributed by atoms with Crippen molar-refractivity contribution in [2.24, 2.45) is 0 Å². The minimum Gasteiger partial charge on any atom is -0.350 e. The lowest BCUT2D eigenvalue weighted by Crippen LogP contribution is -2.38. The molecule has 4 heterocycles. The second-order valence-corrected chi connectivity index (χ2v) is 6.97. The van der Waals surface area contributed by atoms with Crippen molar-refractivity contribution in [2.75, 3.05) is 30.3 Å². The second kappa shape index (κ2) is 6.78. The summed E-state index contributed by atoms with van der Waals surface area (Å²) in [6, 6.07) is 0.394. The van der Waals surface area contributed by atoms with Gasteiger partial charge in [-0.3, -0.25) is 4.79 Å². The zero-order chi connectivity index (χ0) is 16.4. The maximum atomic E-state index is 12.4. The molecule has 9 heteroatoms. The summed E-state index contributed by atoms with van der Waals surface area (Å²) < 4.78 is 0. The highest BCUT2D eigenvalue weighted by Crippen LogP contribution is 2.27. The highest BCUT2D eigenvalue weighted by molar-refractivity contribution is 8.04. The van der Waals surface area contributed by atoms with E-state index in [1.54, 1.807) is 18.1 Å². The van der Waals surface area contributed by atoms with Gasteiger partial charge in [0.1, 0.15) is 11.8 Å². The third-order valence-corrected chi connectivity index (χ3v) is 5.22. The van der Waals surface area contributed by atoms with E-state index in [0.29, 0.717) is 23.1 Å². The lowest BCUT2D eigenvalue weighted by atomic mass is 10.2. The number of nitrogens with zero attached hydrogens (tertiary/aromatic N) is 4. The normalized spacial score (nSPS) is 21.1. The van der Waals surface area contributed by atoms with Gasteiger partial charge in [-0.1, -0.05) is 0 Å². The van der Waals surface area contributed by atoms with E-state index in [9.17, 15) is 4.79 Å². The van der Waals surface area contributed by atoms with E-state index in [-0.39, 0.29) is 5.91 Å². The molecule has 4 rings (SSSR count). The number of hydrogen-bond donors (Lipinski definition) is 3. The number of thioether (sulfide) groups is 1. The van der Waals surface area contributed by atoms with Crippen LogP contribution in [-0.2, 0) is 4.79 Å². The topological polar surface area (TPSA) is 98.8 Å². The fraction of sp³-hybridized carbons (Fsp3) is 0.467. The van der Waals surface area contributed by atoms with Gasteiger partial charge in [-0.2, -0.15) is 0 Å². The molecule has 2 aliphatic rings. The lowest BCUT2D eigenvalue weighted by molar-refractivity contribution is -0.116. The van der Waals surface area contributed by atoms with Gasteiger partial charge in [0.25, 0.3) is 5.91 Å². The van der Waals surface area contributed by atoms with Crippen molar-refractivity contribution in [3.8, 4) is 0 Å². The molecule has 0 radical (unpaired) electrons. The molecular formula is C15H19N7OS. The van der Waals surface area contributed by atoms with Gasteiger partial charge < -0.3 is 20.5 Å². The largest absolute Gasteiger partial charge is 0.350 e. The van der Waals surface area contributed by atoms with E-state index < -0.39 is 0 Å². The Balaban J connectivity index is 1.50. The smallest absolute Gasteiger partial charge is 0.259 e. The van der Waals surface area contributed by atoms with Crippen molar-refractivity contribution in [1.82, 2.24) is 30.6 Å². The van der Waals surface area contributed by atoms with Crippen LogP contribution < -0.4 is 15.5 Å². The van der Waals surface area contributed by atoms with Crippen LogP contribution in [0.4, 0.5) is 5.82 Å². The first-order chi connectivity index (χ1) is 11.8. The molecule has 1 fully saturated rings. The summed E-state index contributed by atoms with van der Waals surface area (Å²) in [5.74, 6) is 1.56. The zero-order valence-corrected chi connectivity index (χ0v) is 14.0. The molecule has 1 amide bonds. The number of carbonyl (C=O) groups is 1. The molecule has 0 spiro atoms. The van der Waals surface area contributed by atoms with Gasteiger partial charge in [0.05, 0.1) is 11.2 Å². The average Bonchev–Trinajstić information content (AvgIpc) is 3.30. The van der Waals surface area contributed by atoms with Gasteiger partial charge in [-0.05, 0) is 19.4 Å². The molecule has 0 aromatic carbocycles. The van der Waals surface area contributed by atoms with Crippen LogP contribution in [0.1, 0.15) is 12.8 Å². The van der Waals surface area contributed by atoms with E-state index in [0.717, 1.165) is 36.6 Å². The highest BCUT2D eigenvalue weighted by Gasteiger charge is 2.22. The van der Waals surface area contributed by atoms with Crippen molar-refractivity contribution < 1.29 is 4.79 Å². The van der Waals surface area contributed by atoms with Crippen molar-refractivity contribution in [3.05, 3.63) is 23.8 Å². The molecule has 24 heavy (non-hydrogen) atoms. The van der Waals surface area contributed by atoms with Gasteiger partial charge in [0.2, 0.25) is 0 Å². The fourth-order valence-electron chi connectivity index (χ4n) is 2.99. The van der Waals surface area contributed by atoms with Crippen LogP contribution in [0.25, 0.3) is 11.2 Å². The van der Waals surface area contributed by atoms with Crippen molar-refractivity contribution in [3.63, 3.8) is 0 Å². The van der Waals surface area contributed by atoms with Crippen LogP contribution in [0.2, 0.25) is 0 Å². The van der Waals surface area contributed by atoms with Crippen LogP contribution in [0.15, 0.2) is 23.8 Å². The summed E-state index contributed by atoms with van der Waals surface area (Å²) in [7, 11) is 0. The van der Waals surface area contributed by atoms with Gasteiger partial charge in [0, 0.05) is 31.1 Å². The summed E-state index contributed by atoms with van der Waals surface area (Å²) >= 11 is 1.58. The standard InChI is InChI=1S/C15H19N7OS/c23-15(17-6-10-2-1-3-16-10)11-7-22(4-5-24-11)14-12-13(19-8-18-12)20-9-21-14/h7-10,16H,1-6H2,(H,17,23)(H,18,19,20,21)/t10-/m1/s1. The Labute approximate surface area is 143 Å². The van der Waals surface area contributed by atoms with Gasteiger partial charge in [0.15, 0.2) is 11.5 Å². The predicted octanol–water partition coefficient (Wildman–Crippen LogP) is 0.616. The molecule has 0 aliphatic carbocycles. The monoisotopic (exact) mass is 345 g/mol. The number of aromatic nitrogens is 4. The van der Waals surface area contributed by atoms with Crippen LogP contribution in [0.5, 0.6) is 0 Å². The molecule has 0 saturated carbocycles. The Kier molecular flexibility index (Phi) is 4.35. The van der Waals surface area contributed by atoms with E-state index in [1.807, 2.05) is 11.1 Å². The van der Waals surface area contributed by atoms with Crippen molar-refractivity contribution >= 4 is 34.7 Å². The highest BCUT2D eigenvalue weighted by atomic mass is 32.2. The third kappa shape index (κ3) is 3.09. The van der Waals surface area contributed by atoms with E-state index >= 15 is 0 Å². The molecule has 1 saturated heterocycles. The number of imidazole rings is 1. The molecule has 3 N–H and O–H groups in total. The maximum Gasteiger partial charge on any atom is 0.259 e. The molecule has 126 valence electrons. The fourth-order valence-corrected chi connectivity index (χ4v) is 3.91. The quantitative estimate of drug-likeness (QED) is 0.747. The zero-order valence-electron chi connectivity index (χ0n) is 13.2. The van der Waals surface area contributed by atoms with Crippen LogP contribution in [-0.4, -0.2) is 57.3 Å². The Morgan fingerprint density at radius 2 is 2.38 bits per heavy atom. The summed E-state index contributed by atoms with van der Waals surface area (Å²) in [6.45, 7) is 2.51. The number of amides is 1. The average molecular weight is 345 g/mol. The van der Waals surface area contributed by atoms with Gasteiger partial charge in [-0.25, -0.2) is 15.0 Å². The summed E-state index contributed by atoms with van der Waals surface area (Å²) in [5.41, 5.74) is 1.42. The minimum absolute atomic E-state index is 0.0201. The maximum absolute atomic E-state index is 12.4. The first-order valence-corrected chi connectivity index (χ1v) is 9.07. The Hall–Kier alpha value is -2.13. The van der Waals surface area contributed by atoms with Crippen LogP contribution in [0.3, 0.4) is 0 Å². The Bertz CT molecular complexity index is 768. The Morgan fingerprint density at radius 3 is 3.25 bits per heavy atom. The van der Waals surface area contributed by atoms with Crippen molar-refractivity contribution in [2.45, 2.75) is 18.9 Å². The molecular weight excluding hydrogens is 326 g/mol.